The number of fused-ring (bicyclic) bond motifs is 1. The monoisotopic (exact) mass is 401 g/mol. The Kier molecular flexibility index (Phi) is 5.62. The predicted molar refractivity (Wildman–Crippen MR) is 107 cm³/mol. The molecule has 0 N–H and O–H groups in total. The number of benzene rings is 2. The van der Waals surface area contributed by atoms with Crippen molar-refractivity contribution in [3.05, 3.63) is 53.1 Å². The molecule has 1 atom stereocenters. The number of ether oxygens (including phenoxy) is 3. The Morgan fingerprint density at radius 3 is 2.61 bits per heavy atom. The summed E-state index contributed by atoms with van der Waals surface area (Å²) < 4.78 is 16.8. The van der Waals surface area contributed by atoms with E-state index in [4.69, 9.17) is 25.8 Å². The third-order valence-electron chi connectivity index (χ3n) is 5.31. The van der Waals surface area contributed by atoms with E-state index >= 15 is 0 Å². The van der Waals surface area contributed by atoms with Crippen LogP contribution in [-0.2, 0) is 11.3 Å². The molecule has 1 fully saturated rings. The third kappa shape index (κ3) is 4.20. The van der Waals surface area contributed by atoms with Crippen LogP contribution in [0.3, 0.4) is 0 Å². The predicted octanol–water partition coefficient (Wildman–Crippen LogP) is 4.81. The Morgan fingerprint density at radius 2 is 1.86 bits per heavy atom. The molecule has 1 amide bonds. The highest BCUT2D eigenvalue weighted by atomic mass is 35.5. The molecule has 5 nitrogen and oxygen atoms in total. The quantitative estimate of drug-likeness (QED) is 0.697. The minimum absolute atomic E-state index is 0.000447. The fourth-order valence-electron chi connectivity index (χ4n) is 3.84. The average molecular weight is 402 g/mol. The number of halogens is 1. The van der Waals surface area contributed by atoms with Crippen LogP contribution in [0.1, 0.15) is 38.2 Å². The van der Waals surface area contributed by atoms with Crippen LogP contribution >= 0.6 is 11.6 Å². The molecule has 1 saturated carbocycles. The van der Waals surface area contributed by atoms with E-state index in [0.29, 0.717) is 17.3 Å². The smallest absolute Gasteiger partial charge is 0.263 e. The summed E-state index contributed by atoms with van der Waals surface area (Å²) in [6, 6.07) is 13.2. The summed E-state index contributed by atoms with van der Waals surface area (Å²) in [5.74, 6) is 2.13. The lowest BCUT2D eigenvalue weighted by Gasteiger charge is -2.31. The van der Waals surface area contributed by atoms with E-state index in [1.165, 1.54) is 0 Å². The first kappa shape index (κ1) is 18.9. The van der Waals surface area contributed by atoms with Crippen LogP contribution in [0.4, 0.5) is 0 Å². The van der Waals surface area contributed by atoms with Gasteiger partial charge in [0.1, 0.15) is 5.75 Å². The van der Waals surface area contributed by atoms with Crippen LogP contribution in [0, 0.1) is 0 Å². The number of hydrogen-bond donors (Lipinski definition) is 0. The average Bonchev–Trinajstić information content (AvgIpc) is 3.38. The summed E-state index contributed by atoms with van der Waals surface area (Å²) in [7, 11) is 0. The van der Waals surface area contributed by atoms with E-state index in [1.54, 1.807) is 31.2 Å². The second-order valence-corrected chi connectivity index (χ2v) is 7.74. The lowest BCUT2D eigenvalue weighted by molar-refractivity contribution is -0.141. The van der Waals surface area contributed by atoms with E-state index in [2.05, 4.69) is 0 Å². The van der Waals surface area contributed by atoms with Gasteiger partial charge in [0.05, 0.1) is 0 Å². The van der Waals surface area contributed by atoms with Crippen molar-refractivity contribution in [1.82, 2.24) is 4.90 Å². The maximum absolute atomic E-state index is 13.3. The van der Waals surface area contributed by atoms with E-state index < -0.39 is 6.10 Å². The largest absolute Gasteiger partial charge is 0.481 e. The number of carbonyl (C=O) groups excluding carboxylic acids is 1. The molecule has 0 aromatic heterocycles. The molecule has 148 valence electrons. The van der Waals surface area contributed by atoms with Crippen molar-refractivity contribution >= 4 is 17.5 Å². The van der Waals surface area contributed by atoms with Gasteiger partial charge in [-0.3, -0.25) is 4.79 Å². The minimum Gasteiger partial charge on any atom is -0.481 e. The molecule has 4 rings (SSSR count). The SMILES string of the molecule is CC(Oc1ccc(Cl)cc1)C(=O)N(Cc1ccc2c(c1)OCO2)C1CCCC1. The summed E-state index contributed by atoms with van der Waals surface area (Å²) in [4.78, 5) is 15.2. The molecular weight excluding hydrogens is 378 g/mol. The van der Waals surface area contributed by atoms with Crippen molar-refractivity contribution < 1.29 is 19.0 Å². The highest BCUT2D eigenvalue weighted by Crippen LogP contribution is 2.34. The van der Waals surface area contributed by atoms with Crippen LogP contribution in [0.25, 0.3) is 0 Å². The standard InChI is InChI=1S/C22H24ClNO4/c1-15(28-19-9-7-17(23)8-10-19)22(25)24(18-4-2-3-5-18)13-16-6-11-20-21(12-16)27-14-26-20/h6-12,15,18H,2-5,13-14H2,1H3. The number of carbonyl (C=O) groups is 1. The van der Waals surface area contributed by atoms with Crippen LogP contribution in [-0.4, -0.2) is 29.7 Å². The van der Waals surface area contributed by atoms with Gasteiger partial charge in [0, 0.05) is 17.6 Å². The van der Waals surface area contributed by atoms with E-state index in [9.17, 15) is 4.79 Å². The molecule has 2 aromatic carbocycles. The zero-order valence-electron chi connectivity index (χ0n) is 15.9. The molecule has 1 aliphatic heterocycles. The van der Waals surface area contributed by atoms with Gasteiger partial charge in [-0.2, -0.15) is 0 Å². The van der Waals surface area contributed by atoms with Gasteiger partial charge >= 0.3 is 0 Å². The van der Waals surface area contributed by atoms with Crippen molar-refractivity contribution in [3.63, 3.8) is 0 Å². The fourth-order valence-corrected chi connectivity index (χ4v) is 3.97. The fraction of sp³-hybridized carbons (Fsp3) is 0.409. The summed E-state index contributed by atoms with van der Waals surface area (Å²) in [5.41, 5.74) is 1.03. The Labute approximate surface area is 170 Å². The Morgan fingerprint density at radius 1 is 1.14 bits per heavy atom. The van der Waals surface area contributed by atoms with Crippen molar-refractivity contribution in [2.45, 2.75) is 51.3 Å². The zero-order valence-corrected chi connectivity index (χ0v) is 16.7. The van der Waals surface area contributed by atoms with Gasteiger partial charge in [0.25, 0.3) is 5.91 Å². The van der Waals surface area contributed by atoms with Gasteiger partial charge in [-0.25, -0.2) is 0 Å². The molecule has 6 heteroatoms. The third-order valence-corrected chi connectivity index (χ3v) is 5.56. The van der Waals surface area contributed by atoms with Gasteiger partial charge in [0.15, 0.2) is 17.6 Å². The summed E-state index contributed by atoms with van der Waals surface area (Å²) in [6.45, 7) is 2.59. The van der Waals surface area contributed by atoms with Gasteiger partial charge in [-0.05, 0) is 61.7 Å². The summed E-state index contributed by atoms with van der Waals surface area (Å²) in [5, 5.41) is 0.640. The first-order chi connectivity index (χ1) is 13.6. The Bertz CT molecular complexity index is 833. The second kappa shape index (κ2) is 8.31. The first-order valence-corrected chi connectivity index (χ1v) is 10.1. The molecule has 1 unspecified atom stereocenters. The van der Waals surface area contributed by atoms with Gasteiger partial charge < -0.3 is 19.1 Å². The zero-order chi connectivity index (χ0) is 19.5. The van der Waals surface area contributed by atoms with Crippen molar-refractivity contribution in [3.8, 4) is 17.2 Å². The van der Waals surface area contributed by atoms with Crippen LogP contribution in [0.15, 0.2) is 42.5 Å². The summed E-state index contributed by atoms with van der Waals surface area (Å²) in [6.07, 6.45) is 3.80. The molecule has 0 radical (unpaired) electrons. The van der Waals surface area contributed by atoms with Crippen LogP contribution in [0.2, 0.25) is 5.02 Å². The molecule has 2 aliphatic rings. The van der Waals surface area contributed by atoms with Gasteiger partial charge in [-0.1, -0.05) is 30.5 Å². The maximum Gasteiger partial charge on any atom is 0.263 e. The van der Waals surface area contributed by atoms with E-state index in [0.717, 1.165) is 42.7 Å². The van der Waals surface area contributed by atoms with E-state index in [-0.39, 0.29) is 18.7 Å². The van der Waals surface area contributed by atoms with Crippen LogP contribution < -0.4 is 14.2 Å². The van der Waals surface area contributed by atoms with Crippen LogP contribution in [0.5, 0.6) is 17.2 Å². The van der Waals surface area contributed by atoms with Crippen molar-refractivity contribution in [2.24, 2.45) is 0 Å². The first-order valence-electron chi connectivity index (χ1n) is 9.71. The molecule has 0 saturated heterocycles. The molecular formula is C22H24ClNO4. The highest BCUT2D eigenvalue weighted by molar-refractivity contribution is 6.30. The summed E-state index contributed by atoms with van der Waals surface area (Å²) >= 11 is 5.93. The second-order valence-electron chi connectivity index (χ2n) is 7.31. The van der Waals surface area contributed by atoms with Crippen molar-refractivity contribution in [1.29, 1.82) is 0 Å². The van der Waals surface area contributed by atoms with E-state index in [1.807, 2.05) is 23.1 Å². The number of amides is 1. The maximum atomic E-state index is 13.3. The van der Waals surface area contributed by atoms with Gasteiger partial charge in [-0.15, -0.1) is 0 Å². The molecule has 28 heavy (non-hydrogen) atoms. The molecule has 1 aliphatic carbocycles. The Balaban J connectivity index is 1.50. The van der Waals surface area contributed by atoms with Gasteiger partial charge in [0.2, 0.25) is 6.79 Å². The number of nitrogens with zero attached hydrogens (tertiary/aromatic N) is 1. The minimum atomic E-state index is -0.573. The topological polar surface area (TPSA) is 48.0 Å². The molecule has 0 spiro atoms. The lowest BCUT2D eigenvalue weighted by atomic mass is 10.1. The van der Waals surface area contributed by atoms with Crippen molar-refractivity contribution in [2.75, 3.05) is 6.79 Å². The molecule has 0 bridgehead atoms. The molecule has 1 heterocycles. The normalized spacial score (nSPS) is 16.8. The lowest BCUT2D eigenvalue weighted by Crippen LogP contribution is -2.45. The number of hydrogen-bond acceptors (Lipinski definition) is 4. The molecule has 2 aromatic rings. The number of rotatable bonds is 6. The highest BCUT2D eigenvalue weighted by Gasteiger charge is 2.31. The Hall–Kier alpha value is -2.40.